The summed E-state index contributed by atoms with van der Waals surface area (Å²) < 4.78 is 32.2. The fourth-order valence-corrected chi connectivity index (χ4v) is 3.47. The van der Waals surface area contributed by atoms with Gasteiger partial charge in [0.05, 0.1) is 13.0 Å². The molecular weight excluding hydrogens is 350 g/mol. The summed E-state index contributed by atoms with van der Waals surface area (Å²) in [6.07, 6.45) is 1.01. The summed E-state index contributed by atoms with van der Waals surface area (Å²) in [6, 6.07) is 11.2. The van der Waals surface area contributed by atoms with E-state index >= 15 is 0 Å². The van der Waals surface area contributed by atoms with Gasteiger partial charge in [0.25, 0.3) is 0 Å². The predicted molar refractivity (Wildman–Crippen MR) is 99.8 cm³/mol. The minimum Gasteiger partial charge on any atom is -0.494 e. The van der Waals surface area contributed by atoms with Gasteiger partial charge in [-0.2, -0.15) is 0 Å². The number of nitrogens with one attached hydrogen (secondary N) is 2. The minimum atomic E-state index is -0.858. The van der Waals surface area contributed by atoms with Crippen molar-refractivity contribution in [1.29, 1.82) is 0 Å². The van der Waals surface area contributed by atoms with Crippen LogP contribution in [-0.2, 0) is 11.2 Å². The molecule has 2 N–H and O–H groups in total. The van der Waals surface area contributed by atoms with Crippen LogP contribution in [-0.4, -0.2) is 31.6 Å². The van der Waals surface area contributed by atoms with Crippen LogP contribution in [0.5, 0.6) is 5.75 Å². The molecule has 0 radical (unpaired) electrons. The Morgan fingerprint density at radius 1 is 1.19 bits per heavy atom. The quantitative estimate of drug-likeness (QED) is 0.817. The van der Waals surface area contributed by atoms with Crippen molar-refractivity contribution in [3.63, 3.8) is 0 Å². The number of amides is 1. The van der Waals surface area contributed by atoms with Gasteiger partial charge in [-0.1, -0.05) is 18.2 Å². The molecule has 0 aliphatic carbocycles. The number of benzene rings is 2. The Morgan fingerprint density at radius 2 is 1.96 bits per heavy atom. The second kappa shape index (κ2) is 8.95. The molecule has 2 atom stereocenters. The molecule has 1 amide bonds. The van der Waals surface area contributed by atoms with Crippen LogP contribution in [0.25, 0.3) is 0 Å². The van der Waals surface area contributed by atoms with Gasteiger partial charge < -0.3 is 15.4 Å². The van der Waals surface area contributed by atoms with Crippen molar-refractivity contribution >= 4 is 5.91 Å². The van der Waals surface area contributed by atoms with Crippen molar-refractivity contribution in [1.82, 2.24) is 10.6 Å². The summed E-state index contributed by atoms with van der Waals surface area (Å²) in [4.78, 5) is 12.5. The molecule has 0 bridgehead atoms. The third kappa shape index (κ3) is 5.04. The zero-order chi connectivity index (χ0) is 19.2. The van der Waals surface area contributed by atoms with E-state index in [2.05, 4.69) is 10.6 Å². The van der Waals surface area contributed by atoms with Crippen molar-refractivity contribution < 1.29 is 18.3 Å². The van der Waals surface area contributed by atoms with Crippen molar-refractivity contribution in [3.8, 4) is 5.75 Å². The first kappa shape index (κ1) is 19.3. The highest BCUT2D eigenvalue weighted by Gasteiger charge is 2.28. The predicted octanol–water partition coefficient (Wildman–Crippen LogP) is 3.17. The highest BCUT2D eigenvalue weighted by Crippen LogP contribution is 2.27. The van der Waals surface area contributed by atoms with E-state index in [-0.39, 0.29) is 24.3 Å². The first-order valence-corrected chi connectivity index (χ1v) is 9.23. The lowest BCUT2D eigenvalue weighted by Gasteiger charge is -2.33. The summed E-state index contributed by atoms with van der Waals surface area (Å²) in [7, 11) is 0. The third-order valence-corrected chi connectivity index (χ3v) is 4.80. The van der Waals surface area contributed by atoms with Crippen LogP contribution in [0, 0.1) is 11.6 Å². The Labute approximate surface area is 157 Å². The zero-order valence-electron chi connectivity index (χ0n) is 15.3. The van der Waals surface area contributed by atoms with Crippen molar-refractivity contribution in [2.45, 2.75) is 31.7 Å². The maximum atomic E-state index is 13.6. The number of piperidine rings is 1. The number of hydrogen-bond acceptors (Lipinski definition) is 3. The third-order valence-electron chi connectivity index (χ3n) is 4.80. The van der Waals surface area contributed by atoms with E-state index in [9.17, 15) is 13.6 Å². The Balaban J connectivity index is 1.64. The molecule has 1 aliphatic rings. The van der Waals surface area contributed by atoms with Gasteiger partial charge in [0.15, 0.2) is 11.6 Å². The van der Waals surface area contributed by atoms with Gasteiger partial charge in [-0.05, 0) is 55.3 Å². The Kier molecular flexibility index (Phi) is 6.40. The lowest BCUT2D eigenvalue weighted by molar-refractivity contribution is -0.121. The monoisotopic (exact) mass is 374 g/mol. The lowest BCUT2D eigenvalue weighted by Crippen LogP contribution is -2.50. The molecule has 144 valence electrons. The average Bonchev–Trinajstić information content (AvgIpc) is 2.66. The molecule has 3 rings (SSSR count). The van der Waals surface area contributed by atoms with E-state index in [1.54, 1.807) is 6.07 Å². The standard InChI is InChI=1S/C21H24F2N2O2/c1-2-27-16-6-3-14(4-7-16)11-21(26)25-20-13-24-10-9-17(20)15-5-8-18(22)19(23)12-15/h3-8,12,17,20,24H,2,9-11,13H2,1H3,(H,25,26). The summed E-state index contributed by atoms with van der Waals surface area (Å²) in [6.45, 7) is 3.89. The van der Waals surface area contributed by atoms with Crippen molar-refractivity contribution in [2.75, 3.05) is 19.7 Å². The summed E-state index contributed by atoms with van der Waals surface area (Å²) in [5.41, 5.74) is 1.60. The van der Waals surface area contributed by atoms with Crippen molar-refractivity contribution in [3.05, 3.63) is 65.2 Å². The van der Waals surface area contributed by atoms with Crippen LogP contribution in [0.15, 0.2) is 42.5 Å². The smallest absolute Gasteiger partial charge is 0.224 e. The van der Waals surface area contributed by atoms with Gasteiger partial charge in [0, 0.05) is 18.5 Å². The Morgan fingerprint density at radius 3 is 2.67 bits per heavy atom. The number of rotatable bonds is 6. The topological polar surface area (TPSA) is 50.4 Å². The van der Waals surface area contributed by atoms with Crippen LogP contribution in [0.1, 0.15) is 30.4 Å². The second-order valence-electron chi connectivity index (χ2n) is 6.70. The van der Waals surface area contributed by atoms with Crippen LogP contribution in [0.4, 0.5) is 8.78 Å². The summed E-state index contributed by atoms with van der Waals surface area (Å²) in [5, 5.41) is 6.29. The fraction of sp³-hybridized carbons (Fsp3) is 0.381. The molecule has 0 spiro atoms. The van der Waals surface area contributed by atoms with Crippen LogP contribution in [0.3, 0.4) is 0 Å². The molecular formula is C21H24F2N2O2. The van der Waals surface area contributed by atoms with Crippen LogP contribution >= 0.6 is 0 Å². The molecule has 1 heterocycles. The van der Waals surface area contributed by atoms with Crippen LogP contribution in [0.2, 0.25) is 0 Å². The highest BCUT2D eigenvalue weighted by molar-refractivity contribution is 5.79. The Bertz CT molecular complexity index is 780. The van der Waals surface area contributed by atoms with E-state index in [4.69, 9.17) is 4.74 Å². The van der Waals surface area contributed by atoms with E-state index in [1.165, 1.54) is 6.07 Å². The molecule has 1 aliphatic heterocycles. The minimum absolute atomic E-state index is 0.0503. The second-order valence-corrected chi connectivity index (χ2v) is 6.70. The number of halogens is 2. The van der Waals surface area contributed by atoms with Gasteiger partial charge in [0.2, 0.25) is 5.91 Å². The lowest BCUT2D eigenvalue weighted by atomic mass is 9.86. The molecule has 0 aromatic heterocycles. The number of hydrogen-bond donors (Lipinski definition) is 2. The number of carbonyl (C=O) groups excluding carboxylic acids is 1. The molecule has 1 fully saturated rings. The van der Waals surface area contributed by atoms with Gasteiger partial charge in [-0.15, -0.1) is 0 Å². The van der Waals surface area contributed by atoms with E-state index in [1.807, 2.05) is 31.2 Å². The normalized spacial score (nSPS) is 19.5. The van der Waals surface area contributed by atoms with Crippen molar-refractivity contribution in [2.24, 2.45) is 0 Å². The maximum Gasteiger partial charge on any atom is 0.224 e. The molecule has 1 saturated heterocycles. The Hall–Kier alpha value is -2.47. The molecule has 6 heteroatoms. The highest BCUT2D eigenvalue weighted by atomic mass is 19.2. The number of ether oxygens (including phenoxy) is 1. The molecule has 0 saturated carbocycles. The van der Waals surface area contributed by atoms with Gasteiger partial charge in [-0.25, -0.2) is 8.78 Å². The van der Waals surface area contributed by atoms with Gasteiger partial charge in [-0.3, -0.25) is 4.79 Å². The van der Waals surface area contributed by atoms with E-state index in [0.717, 1.165) is 30.3 Å². The summed E-state index contributed by atoms with van der Waals surface area (Å²) in [5.74, 6) is -1.09. The van der Waals surface area contributed by atoms with Gasteiger partial charge in [0.1, 0.15) is 5.75 Å². The van der Waals surface area contributed by atoms with Crippen LogP contribution < -0.4 is 15.4 Å². The largest absolute Gasteiger partial charge is 0.494 e. The molecule has 2 unspecified atom stereocenters. The fourth-order valence-electron chi connectivity index (χ4n) is 3.47. The van der Waals surface area contributed by atoms with E-state index < -0.39 is 11.6 Å². The average molecular weight is 374 g/mol. The van der Waals surface area contributed by atoms with E-state index in [0.29, 0.717) is 18.7 Å². The first-order chi connectivity index (χ1) is 13.1. The SMILES string of the molecule is CCOc1ccc(CC(=O)NC2CNCCC2c2ccc(F)c(F)c2)cc1. The molecule has 27 heavy (non-hydrogen) atoms. The number of carbonyl (C=O) groups is 1. The first-order valence-electron chi connectivity index (χ1n) is 9.23. The zero-order valence-corrected chi connectivity index (χ0v) is 15.3. The molecule has 4 nitrogen and oxygen atoms in total. The van der Waals surface area contributed by atoms with Gasteiger partial charge >= 0.3 is 0 Å². The maximum absolute atomic E-state index is 13.6. The summed E-state index contributed by atoms with van der Waals surface area (Å²) >= 11 is 0. The molecule has 2 aromatic rings. The molecule has 2 aromatic carbocycles.